The highest BCUT2D eigenvalue weighted by molar-refractivity contribution is 8.76. The Bertz CT molecular complexity index is 1780. The molecule has 0 amide bonds. The van der Waals surface area contributed by atoms with E-state index in [9.17, 15) is 0 Å². The molecule has 12 nitrogen and oxygen atoms in total. The molecule has 0 unspecified atom stereocenters. The molecule has 4 heterocycles. The minimum absolute atomic E-state index is 0.0247. The van der Waals surface area contributed by atoms with Gasteiger partial charge < -0.3 is 0 Å². The number of aromatic nitrogens is 12. The van der Waals surface area contributed by atoms with E-state index >= 15 is 0 Å². The number of halogens is 4. The number of hydrogen-bond acceptors (Lipinski definition) is 10. The van der Waals surface area contributed by atoms with Gasteiger partial charge in [0.2, 0.25) is 11.6 Å². The fourth-order valence-electron chi connectivity index (χ4n) is 4.01. The number of rotatable bonds is 9. The van der Waals surface area contributed by atoms with Crippen LogP contribution in [0.15, 0.2) is 58.8 Å². The molecule has 4 aromatic heterocycles. The number of benzene rings is 2. The molecule has 0 fully saturated rings. The summed E-state index contributed by atoms with van der Waals surface area (Å²) >= 11 is 25.5. The molecule has 0 saturated heterocycles. The minimum atomic E-state index is 0.0247. The zero-order valence-corrected chi connectivity index (χ0v) is 28.1. The lowest BCUT2D eigenvalue weighted by Gasteiger charge is -2.11. The molecule has 0 N–H and O–H groups in total. The molecule has 226 valence electrons. The Morgan fingerprint density at radius 1 is 0.568 bits per heavy atom. The Hall–Kier alpha value is -3.14. The van der Waals surface area contributed by atoms with E-state index in [1.165, 1.54) is 21.6 Å². The maximum Gasteiger partial charge on any atom is 0.209 e. The van der Waals surface area contributed by atoms with Crippen LogP contribution in [-0.2, 0) is 0 Å². The van der Waals surface area contributed by atoms with E-state index in [0.29, 0.717) is 64.3 Å². The van der Waals surface area contributed by atoms with Crippen LogP contribution in [0.1, 0.15) is 39.8 Å². The lowest BCUT2D eigenvalue weighted by atomic mass is 10.3. The SMILES string of the molecule is CC(C)n1nnc(-c2cnn(-c3cc(Cl)cc(Cl)c3)c2SSc2c(-c3nnn(C(C)C)n3)cnn2-c2cc(Cl)cc(Cl)c2)n1. The Morgan fingerprint density at radius 2 is 0.932 bits per heavy atom. The van der Waals surface area contributed by atoms with Crippen molar-refractivity contribution >= 4 is 68.0 Å². The third kappa shape index (κ3) is 6.32. The molecule has 0 aliphatic carbocycles. The van der Waals surface area contributed by atoms with Crippen LogP contribution in [0, 0.1) is 0 Å². The molecule has 6 rings (SSSR count). The zero-order chi connectivity index (χ0) is 31.1. The second-order valence-electron chi connectivity index (χ2n) is 10.0. The Kier molecular flexibility index (Phi) is 8.91. The first-order chi connectivity index (χ1) is 21.1. The number of hydrogen-bond donors (Lipinski definition) is 0. The molecule has 6 aromatic rings. The maximum atomic E-state index is 6.37. The third-order valence-corrected chi connectivity index (χ3v) is 9.35. The molecule has 44 heavy (non-hydrogen) atoms. The molecule has 0 spiro atoms. The van der Waals surface area contributed by atoms with Gasteiger partial charge in [-0.2, -0.15) is 19.8 Å². The quantitative estimate of drug-likeness (QED) is 0.137. The second-order valence-corrected chi connectivity index (χ2v) is 13.9. The Labute approximate surface area is 279 Å². The van der Waals surface area contributed by atoms with Crippen LogP contribution in [-0.4, -0.2) is 60.0 Å². The molecule has 0 atom stereocenters. The Morgan fingerprint density at radius 3 is 1.25 bits per heavy atom. The first kappa shape index (κ1) is 30.9. The van der Waals surface area contributed by atoms with Gasteiger partial charge in [0.05, 0.1) is 47.0 Å². The van der Waals surface area contributed by atoms with Crippen LogP contribution < -0.4 is 0 Å². The highest BCUT2D eigenvalue weighted by atomic mass is 35.5. The van der Waals surface area contributed by atoms with Crippen molar-refractivity contribution in [3.05, 3.63) is 68.9 Å². The average molecular weight is 708 g/mol. The average Bonchev–Trinajstić information content (AvgIpc) is 3.75. The van der Waals surface area contributed by atoms with Crippen molar-refractivity contribution in [1.29, 1.82) is 0 Å². The van der Waals surface area contributed by atoms with E-state index in [2.05, 4.69) is 41.0 Å². The van der Waals surface area contributed by atoms with Crippen molar-refractivity contribution in [2.45, 2.75) is 49.8 Å². The van der Waals surface area contributed by atoms with E-state index in [1.807, 2.05) is 27.7 Å². The highest BCUT2D eigenvalue weighted by Crippen LogP contribution is 2.46. The van der Waals surface area contributed by atoms with Gasteiger partial charge in [-0.15, -0.1) is 20.4 Å². The van der Waals surface area contributed by atoms with Gasteiger partial charge in [0, 0.05) is 20.1 Å². The summed E-state index contributed by atoms with van der Waals surface area (Å²) < 4.78 is 3.45. The van der Waals surface area contributed by atoms with E-state index in [1.54, 1.807) is 67.7 Å². The monoisotopic (exact) mass is 706 g/mol. The lowest BCUT2D eigenvalue weighted by molar-refractivity contribution is 0.455. The topological polar surface area (TPSA) is 123 Å². The fourth-order valence-corrected chi connectivity index (χ4v) is 7.55. The van der Waals surface area contributed by atoms with Crippen molar-refractivity contribution in [2.75, 3.05) is 0 Å². The van der Waals surface area contributed by atoms with Gasteiger partial charge in [-0.25, -0.2) is 9.36 Å². The van der Waals surface area contributed by atoms with Crippen LogP contribution in [0.25, 0.3) is 34.2 Å². The van der Waals surface area contributed by atoms with Crippen LogP contribution in [0.3, 0.4) is 0 Å². The predicted octanol–water partition coefficient (Wildman–Crippen LogP) is 7.94. The van der Waals surface area contributed by atoms with E-state index in [-0.39, 0.29) is 12.1 Å². The summed E-state index contributed by atoms with van der Waals surface area (Å²) in [5, 5.41) is 38.8. The van der Waals surface area contributed by atoms with Crippen LogP contribution in [0.5, 0.6) is 0 Å². The van der Waals surface area contributed by atoms with Crippen molar-refractivity contribution in [2.24, 2.45) is 0 Å². The Balaban J connectivity index is 1.47. The largest absolute Gasteiger partial charge is 0.226 e. The second kappa shape index (κ2) is 12.7. The van der Waals surface area contributed by atoms with Crippen molar-refractivity contribution in [1.82, 2.24) is 60.0 Å². The molecule has 18 heteroatoms. The summed E-state index contributed by atoms with van der Waals surface area (Å²) in [5.41, 5.74) is 2.63. The van der Waals surface area contributed by atoms with Gasteiger partial charge in [0.25, 0.3) is 0 Å². The molecule has 0 aliphatic rings. The lowest BCUT2D eigenvalue weighted by Crippen LogP contribution is -2.04. The molecule has 2 aromatic carbocycles. The molecular weight excluding hydrogens is 686 g/mol. The normalized spacial score (nSPS) is 11.8. The highest BCUT2D eigenvalue weighted by Gasteiger charge is 2.25. The number of tetrazole rings is 2. The first-order valence-electron chi connectivity index (χ1n) is 13.1. The van der Waals surface area contributed by atoms with Crippen molar-refractivity contribution < 1.29 is 0 Å². The van der Waals surface area contributed by atoms with Gasteiger partial charge in [0.1, 0.15) is 10.1 Å². The summed E-state index contributed by atoms with van der Waals surface area (Å²) in [7, 11) is 2.80. The molecule has 0 bridgehead atoms. The van der Waals surface area contributed by atoms with Gasteiger partial charge in [-0.1, -0.05) is 46.4 Å². The minimum Gasteiger partial charge on any atom is -0.226 e. The fraction of sp³-hybridized carbons (Fsp3) is 0.231. The molecule has 0 saturated carbocycles. The van der Waals surface area contributed by atoms with Gasteiger partial charge >= 0.3 is 0 Å². The van der Waals surface area contributed by atoms with Gasteiger partial charge in [0.15, 0.2) is 0 Å². The van der Waals surface area contributed by atoms with Crippen LogP contribution in [0.4, 0.5) is 0 Å². The van der Waals surface area contributed by atoms with Gasteiger partial charge in [-0.3, -0.25) is 0 Å². The van der Waals surface area contributed by atoms with Crippen LogP contribution in [0.2, 0.25) is 20.1 Å². The third-order valence-electron chi connectivity index (χ3n) is 6.10. The predicted molar refractivity (Wildman–Crippen MR) is 173 cm³/mol. The number of nitrogens with zero attached hydrogens (tertiary/aromatic N) is 12. The maximum absolute atomic E-state index is 6.37. The first-order valence-corrected chi connectivity index (χ1v) is 16.8. The molecular formula is C26H22Cl4N12S2. The summed E-state index contributed by atoms with van der Waals surface area (Å²) in [6.07, 6.45) is 3.37. The summed E-state index contributed by atoms with van der Waals surface area (Å²) in [6, 6.07) is 10.5. The van der Waals surface area contributed by atoms with Crippen molar-refractivity contribution in [3.8, 4) is 34.2 Å². The van der Waals surface area contributed by atoms with E-state index in [0.717, 1.165) is 0 Å². The van der Waals surface area contributed by atoms with Crippen LogP contribution >= 0.6 is 68.0 Å². The smallest absolute Gasteiger partial charge is 0.209 e. The van der Waals surface area contributed by atoms with Gasteiger partial charge in [-0.05, 0) is 96.1 Å². The zero-order valence-electron chi connectivity index (χ0n) is 23.5. The molecule has 0 aliphatic heterocycles. The van der Waals surface area contributed by atoms with Crippen molar-refractivity contribution in [3.63, 3.8) is 0 Å². The summed E-state index contributed by atoms with van der Waals surface area (Å²) in [5.74, 6) is 0.830. The summed E-state index contributed by atoms with van der Waals surface area (Å²) in [4.78, 5) is 3.09. The van der Waals surface area contributed by atoms with E-state index in [4.69, 9.17) is 46.4 Å². The summed E-state index contributed by atoms with van der Waals surface area (Å²) in [6.45, 7) is 7.90. The van der Waals surface area contributed by atoms with E-state index < -0.39 is 0 Å². The molecule has 0 radical (unpaired) electrons. The standard InChI is InChI=1S/C26H22Cl4N12S2/c1-13(2)41-35-23(33-37-41)21-11-31-39(19-7-15(27)5-16(28)8-19)25(21)43-44-26-22(24-34-38-42(36-24)14(3)4)12-32-40(26)20-9-17(29)6-18(30)10-20/h5-14H,1-4H3.